The molecule has 2 aromatic rings. The molecule has 1 aromatic heterocycles. The maximum atomic E-state index is 6.15. The SMILES string of the molecule is CN=C(NCc1nccs1)NC1CCN(c2cc(Cl)ccc2OC)C1.I. The van der Waals surface area contributed by atoms with Crippen LogP contribution in [0.5, 0.6) is 5.75 Å². The molecule has 1 atom stereocenters. The Morgan fingerprint density at radius 2 is 2.35 bits per heavy atom. The van der Waals surface area contributed by atoms with Crippen LogP contribution in [0.15, 0.2) is 34.8 Å². The molecule has 142 valence electrons. The molecular weight excluding hydrogens is 485 g/mol. The lowest BCUT2D eigenvalue weighted by Crippen LogP contribution is -2.44. The van der Waals surface area contributed by atoms with Gasteiger partial charge in [0.05, 0.1) is 19.3 Å². The second-order valence-electron chi connectivity index (χ2n) is 5.74. The van der Waals surface area contributed by atoms with E-state index in [1.165, 1.54) is 0 Å². The minimum absolute atomic E-state index is 0. The molecule has 9 heteroatoms. The number of nitrogens with zero attached hydrogens (tertiary/aromatic N) is 3. The van der Waals surface area contributed by atoms with Crippen LogP contribution in [0.4, 0.5) is 5.69 Å². The second-order valence-corrected chi connectivity index (χ2v) is 7.16. The fourth-order valence-electron chi connectivity index (χ4n) is 2.89. The summed E-state index contributed by atoms with van der Waals surface area (Å²) in [6, 6.07) is 6.02. The third-order valence-corrected chi connectivity index (χ3v) is 5.14. The van der Waals surface area contributed by atoms with E-state index in [0.717, 1.165) is 41.9 Å². The number of anilines is 1. The number of methoxy groups -OCH3 is 1. The zero-order valence-electron chi connectivity index (χ0n) is 14.7. The van der Waals surface area contributed by atoms with Crippen LogP contribution in [-0.4, -0.2) is 44.2 Å². The van der Waals surface area contributed by atoms with Crippen LogP contribution in [0.1, 0.15) is 11.4 Å². The van der Waals surface area contributed by atoms with E-state index in [9.17, 15) is 0 Å². The fourth-order valence-corrected chi connectivity index (χ4v) is 3.62. The Morgan fingerprint density at radius 1 is 1.50 bits per heavy atom. The molecule has 26 heavy (non-hydrogen) atoms. The zero-order chi connectivity index (χ0) is 17.6. The average Bonchev–Trinajstić information content (AvgIpc) is 3.30. The van der Waals surface area contributed by atoms with Crippen molar-refractivity contribution >= 4 is 58.6 Å². The lowest BCUT2D eigenvalue weighted by Gasteiger charge is -2.22. The van der Waals surface area contributed by atoms with Gasteiger partial charge in [-0.25, -0.2) is 4.98 Å². The third kappa shape index (κ3) is 5.37. The predicted octanol–water partition coefficient (Wildman–Crippen LogP) is 3.37. The molecule has 0 spiro atoms. The summed E-state index contributed by atoms with van der Waals surface area (Å²) in [4.78, 5) is 10.9. The minimum Gasteiger partial charge on any atom is -0.495 e. The summed E-state index contributed by atoms with van der Waals surface area (Å²) in [6.45, 7) is 2.49. The molecule has 1 saturated heterocycles. The van der Waals surface area contributed by atoms with Crippen molar-refractivity contribution in [1.82, 2.24) is 15.6 Å². The Morgan fingerprint density at radius 3 is 3.04 bits per heavy atom. The van der Waals surface area contributed by atoms with E-state index >= 15 is 0 Å². The Bertz CT molecular complexity index is 728. The molecule has 0 radical (unpaired) electrons. The van der Waals surface area contributed by atoms with Gasteiger partial charge in [0.2, 0.25) is 0 Å². The monoisotopic (exact) mass is 507 g/mol. The summed E-state index contributed by atoms with van der Waals surface area (Å²) in [5.41, 5.74) is 1.03. The van der Waals surface area contributed by atoms with Crippen molar-refractivity contribution in [3.63, 3.8) is 0 Å². The van der Waals surface area contributed by atoms with Gasteiger partial charge in [0.25, 0.3) is 0 Å². The average molecular weight is 508 g/mol. The van der Waals surface area contributed by atoms with E-state index in [4.69, 9.17) is 16.3 Å². The van der Waals surface area contributed by atoms with Crippen LogP contribution in [0.3, 0.4) is 0 Å². The first-order chi connectivity index (χ1) is 12.2. The minimum atomic E-state index is 0. The Hall–Kier alpha value is -1.26. The van der Waals surface area contributed by atoms with Crippen molar-refractivity contribution in [2.24, 2.45) is 4.99 Å². The van der Waals surface area contributed by atoms with Gasteiger partial charge in [-0.2, -0.15) is 0 Å². The standard InChI is InChI=1S/C17H22ClN5OS.HI/c1-19-17(21-10-16-20-6-8-25-16)22-13-5-7-23(11-13)14-9-12(18)3-4-15(14)24-2;/h3-4,6,8-9,13H,5,7,10-11H2,1-2H3,(H2,19,21,22);1H. The van der Waals surface area contributed by atoms with Gasteiger partial charge in [-0.05, 0) is 24.6 Å². The van der Waals surface area contributed by atoms with E-state index in [2.05, 4.69) is 25.5 Å². The summed E-state index contributed by atoms with van der Waals surface area (Å²) in [7, 11) is 3.47. The highest BCUT2D eigenvalue weighted by Crippen LogP contribution is 2.33. The van der Waals surface area contributed by atoms with Crippen LogP contribution in [-0.2, 0) is 6.54 Å². The van der Waals surface area contributed by atoms with Crippen molar-refractivity contribution in [3.8, 4) is 5.75 Å². The lowest BCUT2D eigenvalue weighted by molar-refractivity contribution is 0.415. The van der Waals surface area contributed by atoms with Gasteiger partial charge < -0.3 is 20.3 Å². The first kappa shape index (κ1) is 21.0. The third-order valence-electron chi connectivity index (χ3n) is 4.12. The topological polar surface area (TPSA) is 61.8 Å². The fraction of sp³-hybridized carbons (Fsp3) is 0.412. The molecule has 3 rings (SSSR count). The zero-order valence-corrected chi connectivity index (χ0v) is 18.6. The predicted molar refractivity (Wildman–Crippen MR) is 119 cm³/mol. The number of hydrogen-bond acceptors (Lipinski definition) is 5. The van der Waals surface area contributed by atoms with Gasteiger partial charge >= 0.3 is 0 Å². The number of guanidine groups is 1. The van der Waals surface area contributed by atoms with Crippen molar-refractivity contribution < 1.29 is 4.74 Å². The smallest absolute Gasteiger partial charge is 0.191 e. The van der Waals surface area contributed by atoms with E-state index in [1.807, 2.05) is 29.8 Å². The molecule has 2 heterocycles. The van der Waals surface area contributed by atoms with E-state index in [0.29, 0.717) is 17.6 Å². The molecule has 0 amide bonds. The highest BCUT2D eigenvalue weighted by molar-refractivity contribution is 14.0. The van der Waals surface area contributed by atoms with Gasteiger partial charge in [-0.1, -0.05) is 11.6 Å². The summed E-state index contributed by atoms with van der Waals surface area (Å²) < 4.78 is 5.47. The van der Waals surface area contributed by atoms with Crippen molar-refractivity contribution in [3.05, 3.63) is 39.8 Å². The molecule has 6 nitrogen and oxygen atoms in total. The molecule has 1 unspecified atom stereocenters. The van der Waals surface area contributed by atoms with Crippen LogP contribution in [0.25, 0.3) is 0 Å². The first-order valence-corrected chi connectivity index (χ1v) is 9.39. The van der Waals surface area contributed by atoms with Crippen LogP contribution < -0.4 is 20.3 Å². The van der Waals surface area contributed by atoms with Crippen LogP contribution >= 0.6 is 46.9 Å². The number of hydrogen-bond donors (Lipinski definition) is 2. The molecule has 0 bridgehead atoms. The van der Waals surface area contributed by atoms with E-state index in [1.54, 1.807) is 25.5 Å². The molecule has 1 aromatic carbocycles. The highest BCUT2D eigenvalue weighted by Gasteiger charge is 2.25. The first-order valence-electron chi connectivity index (χ1n) is 8.13. The van der Waals surface area contributed by atoms with Crippen molar-refractivity contribution in [2.75, 3.05) is 32.1 Å². The molecule has 1 aliphatic heterocycles. The van der Waals surface area contributed by atoms with E-state index < -0.39 is 0 Å². The molecule has 2 N–H and O–H groups in total. The highest BCUT2D eigenvalue weighted by atomic mass is 127. The van der Waals surface area contributed by atoms with Crippen LogP contribution in [0, 0.1) is 0 Å². The number of ether oxygens (including phenoxy) is 1. The Labute approximate surface area is 180 Å². The summed E-state index contributed by atoms with van der Waals surface area (Å²) in [5, 5.41) is 10.5. The quantitative estimate of drug-likeness (QED) is 0.369. The van der Waals surface area contributed by atoms with Gasteiger partial charge in [-0.15, -0.1) is 35.3 Å². The summed E-state index contributed by atoms with van der Waals surface area (Å²) >= 11 is 7.78. The number of halogens is 2. The Balaban J connectivity index is 0.00000243. The summed E-state index contributed by atoms with van der Waals surface area (Å²) in [5.74, 6) is 1.64. The van der Waals surface area contributed by atoms with Crippen LogP contribution in [0.2, 0.25) is 5.02 Å². The summed E-state index contributed by atoms with van der Waals surface area (Å²) in [6.07, 6.45) is 2.83. The maximum Gasteiger partial charge on any atom is 0.191 e. The molecular formula is C17H23ClIN5OS. The molecule has 0 saturated carbocycles. The van der Waals surface area contributed by atoms with E-state index in [-0.39, 0.29) is 24.0 Å². The normalized spacial score (nSPS) is 17.0. The van der Waals surface area contributed by atoms with Gasteiger partial charge in [-0.3, -0.25) is 4.99 Å². The number of rotatable bonds is 5. The molecule has 0 aliphatic carbocycles. The van der Waals surface area contributed by atoms with Gasteiger partial charge in [0.1, 0.15) is 10.8 Å². The van der Waals surface area contributed by atoms with Crippen molar-refractivity contribution in [1.29, 1.82) is 0 Å². The number of nitrogens with one attached hydrogen (secondary N) is 2. The molecule has 1 aliphatic rings. The van der Waals surface area contributed by atoms with Gasteiger partial charge in [0.15, 0.2) is 5.96 Å². The Kier molecular flexibility index (Phi) is 8.23. The number of aliphatic imine (C=N–C) groups is 1. The van der Waals surface area contributed by atoms with Gasteiger partial charge in [0, 0.05) is 42.8 Å². The number of thiazole rings is 1. The maximum absolute atomic E-state index is 6.15. The number of benzene rings is 1. The molecule has 1 fully saturated rings. The number of aromatic nitrogens is 1. The lowest BCUT2D eigenvalue weighted by atomic mass is 10.2. The second kappa shape index (κ2) is 10.2. The largest absolute Gasteiger partial charge is 0.495 e. The van der Waals surface area contributed by atoms with Crippen molar-refractivity contribution in [2.45, 2.75) is 19.0 Å².